The van der Waals surface area contributed by atoms with Crippen LogP contribution in [0, 0.1) is 0 Å². The average Bonchev–Trinajstić information content (AvgIpc) is 2.36. The van der Waals surface area contributed by atoms with Crippen LogP contribution in [0.25, 0.3) is 0 Å². The summed E-state index contributed by atoms with van der Waals surface area (Å²) in [7, 11) is 1.90. The predicted molar refractivity (Wildman–Crippen MR) is 84.1 cm³/mol. The average molecular weight is 298 g/mol. The van der Waals surface area contributed by atoms with E-state index in [1.807, 2.05) is 34.7 Å². The summed E-state index contributed by atoms with van der Waals surface area (Å²) in [6.45, 7) is 8.08. The molecule has 1 fully saturated rings. The molecule has 5 heteroatoms. The normalized spacial score (nSPS) is 19.7. The molecule has 5 nitrogen and oxygen atoms in total. The van der Waals surface area contributed by atoms with Gasteiger partial charge in [0.15, 0.2) is 12.6 Å². The highest BCUT2D eigenvalue weighted by Gasteiger charge is 2.27. The molecule has 122 valence electrons. The maximum absolute atomic E-state index is 12.3. The highest BCUT2D eigenvalue weighted by molar-refractivity contribution is 5.81. The summed E-state index contributed by atoms with van der Waals surface area (Å²) in [5.41, 5.74) is -0.231. The molecule has 1 aliphatic rings. The number of likely N-dealkylation sites (N-methyl/N-ethyl adjacent to an activating group) is 1. The van der Waals surface area contributed by atoms with Crippen molar-refractivity contribution in [2.45, 2.75) is 77.4 Å². The van der Waals surface area contributed by atoms with Crippen LogP contribution in [0.4, 0.5) is 0 Å². The van der Waals surface area contributed by atoms with Crippen LogP contribution in [-0.4, -0.2) is 43.0 Å². The Morgan fingerprint density at radius 1 is 1.19 bits per heavy atom. The smallest absolute Gasteiger partial charge is 0.278 e. The first-order valence-electron chi connectivity index (χ1n) is 8.13. The van der Waals surface area contributed by atoms with E-state index in [0.717, 1.165) is 17.7 Å². The Kier molecular flexibility index (Phi) is 6.65. The van der Waals surface area contributed by atoms with Crippen molar-refractivity contribution in [1.29, 1.82) is 0 Å². The van der Waals surface area contributed by atoms with Gasteiger partial charge in [-0.1, -0.05) is 19.3 Å². The van der Waals surface area contributed by atoms with E-state index in [1.54, 1.807) is 0 Å². The van der Waals surface area contributed by atoms with Gasteiger partial charge in [0.05, 0.1) is 7.05 Å². The van der Waals surface area contributed by atoms with Crippen molar-refractivity contribution in [3.05, 3.63) is 0 Å². The van der Waals surface area contributed by atoms with Gasteiger partial charge in [0.25, 0.3) is 11.8 Å². The SMILES string of the molecule is C[C@@H](C(=O)NC1CCCCC1)[NH+](C)CC(=O)NC(C)(C)C. The van der Waals surface area contributed by atoms with Gasteiger partial charge in [0.2, 0.25) is 0 Å². The lowest BCUT2D eigenvalue weighted by atomic mass is 9.95. The monoisotopic (exact) mass is 298 g/mol. The minimum absolute atomic E-state index is 0.0164. The molecule has 0 aliphatic heterocycles. The Morgan fingerprint density at radius 2 is 1.76 bits per heavy atom. The number of nitrogens with one attached hydrogen (secondary N) is 3. The largest absolute Gasteiger partial charge is 0.348 e. The Hall–Kier alpha value is -1.10. The highest BCUT2D eigenvalue weighted by Crippen LogP contribution is 2.17. The fourth-order valence-electron chi connectivity index (χ4n) is 2.67. The van der Waals surface area contributed by atoms with Gasteiger partial charge in [0.1, 0.15) is 0 Å². The van der Waals surface area contributed by atoms with Crippen LogP contribution in [0.3, 0.4) is 0 Å². The van der Waals surface area contributed by atoms with Crippen molar-refractivity contribution in [3.63, 3.8) is 0 Å². The second kappa shape index (κ2) is 7.78. The van der Waals surface area contributed by atoms with E-state index in [-0.39, 0.29) is 23.4 Å². The fourth-order valence-corrected chi connectivity index (χ4v) is 2.67. The molecule has 0 aromatic carbocycles. The Morgan fingerprint density at radius 3 is 2.29 bits per heavy atom. The number of hydrogen-bond donors (Lipinski definition) is 3. The van der Waals surface area contributed by atoms with Crippen molar-refractivity contribution >= 4 is 11.8 Å². The molecule has 1 unspecified atom stereocenters. The topological polar surface area (TPSA) is 62.6 Å². The molecule has 0 radical (unpaired) electrons. The van der Waals surface area contributed by atoms with Gasteiger partial charge >= 0.3 is 0 Å². The molecule has 2 amide bonds. The number of amides is 2. The lowest BCUT2D eigenvalue weighted by Crippen LogP contribution is -3.15. The fraction of sp³-hybridized carbons (Fsp3) is 0.875. The van der Waals surface area contributed by atoms with Crippen molar-refractivity contribution < 1.29 is 14.5 Å². The van der Waals surface area contributed by atoms with Crippen LogP contribution in [-0.2, 0) is 9.59 Å². The predicted octanol–water partition coefficient (Wildman–Crippen LogP) is 0.253. The van der Waals surface area contributed by atoms with Crippen LogP contribution < -0.4 is 15.5 Å². The standard InChI is InChI=1S/C16H31N3O2/c1-12(15(21)17-13-9-7-6-8-10-13)19(5)11-14(20)18-16(2,3)4/h12-13H,6-11H2,1-5H3,(H,17,21)(H,18,20)/p+1/t12-/m0/s1. The van der Waals surface area contributed by atoms with Gasteiger partial charge < -0.3 is 15.5 Å². The van der Waals surface area contributed by atoms with E-state index in [9.17, 15) is 9.59 Å². The minimum atomic E-state index is -0.231. The van der Waals surface area contributed by atoms with Gasteiger partial charge in [-0.2, -0.15) is 0 Å². The Labute approximate surface area is 128 Å². The third kappa shape index (κ3) is 6.93. The van der Waals surface area contributed by atoms with Gasteiger partial charge in [-0.15, -0.1) is 0 Å². The Bertz CT molecular complexity index is 357. The molecule has 0 aromatic rings. The zero-order chi connectivity index (χ0) is 16.0. The second-order valence-corrected chi connectivity index (χ2v) is 7.39. The lowest BCUT2D eigenvalue weighted by Gasteiger charge is -2.27. The third-order valence-electron chi connectivity index (χ3n) is 4.04. The summed E-state index contributed by atoms with van der Waals surface area (Å²) in [5, 5.41) is 6.06. The summed E-state index contributed by atoms with van der Waals surface area (Å²) < 4.78 is 0. The van der Waals surface area contributed by atoms with E-state index in [0.29, 0.717) is 12.6 Å². The van der Waals surface area contributed by atoms with Gasteiger partial charge in [-0.05, 0) is 40.5 Å². The first-order valence-corrected chi connectivity index (χ1v) is 8.13. The van der Waals surface area contributed by atoms with E-state index in [4.69, 9.17) is 0 Å². The van der Waals surface area contributed by atoms with Gasteiger partial charge in [-0.25, -0.2) is 0 Å². The lowest BCUT2D eigenvalue weighted by molar-refractivity contribution is -0.886. The minimum Gasteiger partial charge on any atom is -0.348 e. The van der Waals surface area contributed by atoms with Crippen molar-refractivity contribution in [2.75, 3.05) is 13.6 Å². The summed E-state index contributed by atoms with van der Waals surface area (Å²) in [4.78, 5) is 25.1. The number of quaternary nitrogens is 1. The first-order chi connectivity index (χ1) is 9.69. The molecule has 0 bridgehead atoms. The van der Waals surface area contributed by atoms with Crippen LogP contribution in [0.5, 0.6) is 0 Å². The first kappa shape index (κ1) is 18.0. The molecule has 1 saturated carbocycles. The van der Waals surface area contributed by atoms with Crippen molar-refractivity contribution in [2.24, 2.45) is 0 Å². The van der Waals surface area contributed by atoms with Crippen LogP contribution in [0.2, 0.25) is 0 Å². The zero-order valence-electron chi connectivity index (χ0n) is 14.2. The maximum Gasteiger partial charge on any atom is 0.278 e. The van der Waals surface area contributed by atoms with Crippen molar-refractivity contribution in [1.82, 2.24) is 10.6 Å². The molecule has 1 rings (SSSR count). The number of carbonyl (C=O) groups is 2. The third-order valence-corrected chi connectivity index (χ3v) is 4.04. The zero-order valence-corrected chi connectivity index (χ0v) is 14.2. The summed E-state index contributed by atoms with van der Waals surface area (Å²) in [6, 6.07) is 0.113. The Balaban J connectivity index is 2.39. The molecule has 1 aliphatic carbocycles. The highest BCUT2D eigenvalue weighted by atomic mass is 16.2. The molecular formula is C16H32N3O2+. The number of hydrogen-bond acceptors (Lipinski definition) is 2. The van der Waals surface area contributed by atoms with Crippen LogP contribution in [0.15, 0.2) is 0 Å². The van der Waals surface area contributed by atoms with Gasteiger partial charge in [-0.3, -0.25) is 9.59 Å². The second-order valence-electron chi connectivity index (χ2n) is 7.39. The number of rotatable bonds is 5. The van der Waals surface area contributed by atoms with E-state index >= 15 is 0 Å². The molecule has 0 aromatic heterocycles. The van der Waals surface area contributed by atoms with Crippen LogP contribution >= 0.6 is 0 Å². The van der Waals surface area contributed by atoms with Crippen LogP contribution in [0.1, 0.15) is 59.8 Å². The number of carbonyl (C=O) groups excluding carboxylic acids is 2. The molecule has 0 spiro atoms. The molecule has 21 heavy (non-hydrogen) atoms. The molecular weight excluding hydrogens is 266 g/mol. The quantitative estimate of drug-likeness (QED) is 0.681. The molecule has 0 heterocycles. The molecule has 3 N–H and O–H groups in total. The maximum atomic E-state index is 12.3. The summed E-state index contributed by atoms with van der Waals surface area (Å²) in [5.74, 6) is 0.0419. The summed E-state index contributed by atoms with van der Waals surface area (Å²) in [6.07, 6.45) is 5.86. The van der Waals surface area contributed by atoms with Gasteiger partial charge in [0, 0.05) is 11.6 Å². The van der Waals surface area contributed by atoms with Crippen molar-refractivity contribution in [3.8, 4) is 0 Å². The van der Waals surface area contributed by atoms with E-state index in [1.165, 1.54) is 19.3 Å². The molecule has 2 atom stereocenters. The van der Waals surface area contributed by atoms with E-state index in [2.05, 4.69) is 10.6 Å². The molecule has 0 saturated heterocycles. The van der Waals surface area contributed by atoms with E-state index < -0.39 is 0 Å². The summed E-state index contributed by atoms with van der Waals surface area (Å²) >= 11 is 0.